The van der Waals surface area contributed by atoms with Gasteiger partial charge in [0.2, 0.25) is 5.88 Å². The minimum Gasteiger partial charge on any atom is -0.439 e. The smallest absolute Gasteiger partial charge is 0.219 e. The van der Waals surface area contributed by atoms with Crippen molar-refractivity contribution in [2.24, 2.45) is 5.73 Å². The molecule has 1 atom stereocenters. The molecule has 0 spiro atoms. The molecule has 0 aliphatic carbocycles. The summed E-state index contributed by atoms with van der Waals surface area (Å²) < 4.78 is 5.77. The second-order valence-corrected chi connectivity index (χ2v) is 4.59. The summed E-state index contributed by atoms with van der Waals surface area (Å²) in [5.74, 6) is 1.43. The number of aromatic nitrogens is 1. The molecule has 0 fully saturated rings. The van der Waals surface area contributed by atoms with Crippen molar-refractivity contribution < 1.29 is 4.74 Å². The van der Waals surface area contributed by atoms with Crippen LogP contribution in [0.4, 0.5) is 0 Å². The summed E-state index contributed by atoms with van der Waals surface area (Å²) >= 11 is 0. The zero-order valence-electron chi connectivity index (χ0n) is 11.0. The Kier molecular flexibility index (Phi) is 3.63. The van der Waals surface area contributed by atoms with Gasteiger partial charge in [0.1, 0.15) is 5.75 Å². The lowest BCUT2D eigenvalue weighted by Crippen LogP contribution is -2.05. The van der Waals surface area contributed by atoms with Crippen LogP contribution in [0.15, 0.2) is 36.5 Å². The Morgan fingerprint density at radius 2 is 1.94 bits per heavy atom. The molecule has 0 bridgehead atoms. The van der Waals surface area contributed by atoms with Crippen molar-refractivity contribution in [1.29, 1.82) is 0 Å². The van der Waals surface area contributed by atoms with Crippen molar-refractivity contribution >= 4 is 0 Å². The van der Waals surface area contributed by atoms with Gasteiger partial charge in [0.05, 0.1) is 0 Å². The zero-order chi connectivity index (χ0) is 13.1. The van der Waals surface area contributed by atoms with Crippen LogP contribution in [0, 0.1) is 13.8 Å². The maximum atomic E-state index is 5.78. The monoisotopic (exact) mass is 242 g/mol. The van der Waals surface area contributed by atoms with Gasteiger partial charge in [-0.3, -0.25) is 0 Å². The molecule has 1 aromatic carbocycles. The SMILES string of the molecule is Cc1ccc(C)c(Oc2ccc(C(C)N)cn2)c1. The number of pyridine rings is 1. The molecule has 1 aromatic heterocycles. The van der Waals surface area contributed by atoms with Gasteiger partial charge in [-0.05, 0) is 43.5 Å². The van der Waals surface area contributed by atoms with Crippen molar-refractivity contribution in [1.82, 2.24) is 4.98 Å². The molecular formula is C15H18N2O. The van der Waals surface area contributed by atoms with Gasteiger partial charge >= 0.3 is 0 Å². The minimum absolute atomic E-state index is 0.00717. The molecule has 0 amide bonds. The fourth-order valence-corrected chi connectivity index (χ4v) is 1.65. The van der Waals surface area contributed by atoms with Crippen LogP contribution in [0.25, 0.3) is 0 Å². The molecule has 2 rings (SSSR count). The van der Waals surface area contributed by atoms with Crippen LogP contribution in [0.2, 0.25) is 0 Å². The highest BCUT2D eigenvalue weighted by Gasteiger charge is 2.04. The molecule has 3 heteroatoms. The van der Waals surface area contributed by atoms with Crippen molar-refractivity contribution in [3.63, 3.8) is 0 Å². The molecule has 0 saturated carbocycles. The van der Waals surface area contributed by atoms with E-state index in [1.54, 1.807) is 6.20 Å². The van der Waals surface area contributed by atoms with E-state index >= 15 is 0 Å². The maximum Gasteiger partial charge on any atom is 0.219 e. The van der Waals surface area contributed by atoms with E-state index in [1.807, 2.05) is 45.0 Å². The molecule has 2 N–H and O–H groups in total. The van der Waals surface area contributed by atoms with Gasteiger partial charge < -0.3 is 10.5 Å². The highest BCUT2D eigenvalue weighted by Crippen LogP contribution is 2.25. The predicted molar refractivity (Wildman–Crippen MR) is 72.8 cm³/mol. The number of benzene rings is 1. The third-order valence-corrected chi connectivity index (χ3v) is 2.84. The average Bonchev–Trinajstić information content (AvgIpc) is 2.34. The average molecular weight is 242 g/mol. The van der Waals surface area contributed by atoms with E-state index < -0.39 is 0 Å². The minimum atomic E-state index is -0.00717. The molecule has 0 saturated heterocycles. The maximum absolute atomic E-state index is 5.78. The normalized spacial score (nSPS) is 12.2. The molecule has 0 radical (unpaired) electrons. The highest BCUT2D eigenvalue weighted by atomic mass is 16.5. The highest BCUT2D eigenvalue weighted by molar-refractivity contribution is 5.38. The fraction of sp³-hybridized carbons (Fsp3) is 0.267. The Hall–Kier alpha value is -1.87. The Balaban J connectivity index is 2.21. The van der Waals surface area contributed by atoms with Crippen LogP contribution in [-0.4, -0.2) is 4.98 Å². The van der Waals surface area contributed by atoms with E-state index in [2.05, 4.69) is 11.1 Å². The lowest BCUT2D eigenvalue weighted by atomic mass is 10.1. The summed E-state index contributed by atoms with van der Waals surface area (Å²) in [7, 11) is 0. The van der Waals surface area contributed by atoms with Crippen molar-refractivity contribution in [3.8, 4) is 11.6 Å². The number of nitrogens with two attached hydrogens (primary N) is 1. The summed E-state index contributed by atoms with van der Waals surface area (Å²) in [6.07, 6.45) is 1.76. The molecule has 1 unspecified atom stereocenters. The van der Waals surface area contributed by atoms with Gasteiger partial charge in [0, 0.05) is 18.3 Å². The van der Waals surface area contributed by atoms with Crippen LogP contribution in [0.3, 0.4) is 0 Å². The van der Waals surface area contributed by atoms with Crippen LogP contribution >= 0.6 is 0 Å². The first kappa shape index (κ1) is 12.6. The standard InChI is InChI=1S/C15H18N2O/c1-10-4-5-11(2)14(8-10)18-15-7-6-13(9-17-15)12(3)16/h4-9,12H,16H2,1-3H3. The van der Waals surface area contributed by atoms with E-state index in [4.69, 9.17) is 10.5 Å². The number of aryl methyl sites for hydroxylation is 2. The molecule has 2 aromatic rings. The topological polar surface area (TPSA) is 48.1 Å². The molecule has 94 valence electrons. The summed E-state index contributed by atoms with van der Waals surface area (Å²) in [5, 5.41) is 0. The van der Waals surface area contributed by atoms with Gasteiger partial charge in [0.25, 0.3) is 0 Å². The van der Waals surface area contributed by atoms with E-state index in [-0.39, 0.29) is 6.04 Å². The van der Waals surface area contributed by atoms with Crippen molar-refractivity contribution in [2.45, 2.75) is 26.8 Å². The summed E-state index contributed by atoms with van der Waals surface area (Å²) in [6, 6.07) is 9.90. The van der Waals surface area contributed by atoms with Crippen LogP contribution in [0.5, 0.6) is 11.6 Å². The van der Waals surface area contributed by atoms with E-state index in [9.17, 15) is 0 Å². The number of ether oxygens (including phenoxy) is 1. The van der Waals surface area contributed by atoms with Gasteiger partial charge in [-0.15, -0.1) is 0 Å². The Morgan fingerprint density at radius 3 is 2.56 bits per heavy atom. The Morgan fingerprint density at radius 1 is 1.17 bits per heavy atom. The fourth-order valence-electron chi connectivity index (χ4n) is 1.65. The first-order chi connectivity index (χ1) is 8.56. The lowest BCUT2D eigenvalue weighted by Gasteiger charge is -2.10. The third kappa shape index (κ3) is 2.87. The van der Waals surface area contributed by atoms with E-state index in [0.717, 1.165) is 16.9 Å². The Bertz CT molecular complexity index is 533. The van der Waals surface area contributed by atoms with Crippen LogP contribution < -0.4 is 10.5 Å². The van der Waals surface area contributed by atoms with Crippen molar-refractivity contribution in [2.75, 3.05) is 0 Å². The molecule has 3 nitrogen and oxygen atoms in total. The number of hydrogen-bond donors (Lipinski definition) is 1. The first-order valence-corrected chi connectivity index (χ1v) is 6.03. The van der Waals surface area contributed by atoms with E-state index in [0.29, 0.717) is 5.88 Å². The van der Waals surface area contributed by atoms with Gasteiger partial charge in [-0.25, -0.2) is 4.98 Å². The third-order valence-electron chi connectivity index (χ3n) is 2.84. The second kappa shape index (κ2) is 5.19. The van der Waals surface area contributed by atoms with Gasteiger partial charge in [0.15, 0.2) is 0 Å². The molecule has 18 heavy (non-hydrogen) atoms. The van der Waals surface area contributed by atoms with Crippen molar-refractivity contribution in [3.05, 3.63) is 53.2 Å². The second-order valence-electron chi connectivity index (χ2n) is 4.59. The largest absolute Gasteiger partial charge is 0.439 e. The predicted octanol–water partition coefficient (Wildman–Crippen LogP) is 3.51. The van der Waals surface area contributed by atoms with Gasteiger partial charge in [-0.1, -0.05) is 18.2 Å². The van der Waals surface area contributed by atoms with E-state index in [1.165, 1.54) is 5.56 Å². The molecule has 0 aliphatic heterocycles. The van der Waals surface area contributed by atoms with Crippen LogP contribution in [0.1, 0.15) is 29.7 Å². The number of hydrogen-bond acceptors (Lipinski definition) is 3. The molecular weight excluding hydrogens is 224 g/mol. The molecule has 0 aliphatic rings. The zero-order valence-corrected chi connectivity index (χ0v) is 11.0. The summed E-state index contributed by atoms with van der Waals surface area (Å²) in [5.41, 5.74) is 9.05. The summed E-state index contributed by atoms with van der Waals surface area (Å²) in [4.78, 5) is 4.26. The summed E-state index contributed by atoms with van der Waals surface area (Å²) in [6.45, 7) is 5.99. The van der Waals surface area contributed by atoms with Crippen LogP contribution in [-0.2, 0) is 0 Å². The van der Waals surface area contributed by atoms with Gasteiger partial charge in [-0.2, -0.15) is 0 Å². The number of rotatable bonds is 3. The lowest BCUT2D eigenvalue weighted by molar-refractivity contribution is 0.458. The first-order valence-electron chi connectivity index (χ1n) is 6.03. The number of nitrogens with zero attached hydrogens (tertiary/aromatic N) is 1. The quantitative estimate of drug-likeness (QED) is 0.896. The Labute approximate surface area is 108 Å². The molecule has 1 heterocycles.